The van der Waals surface area contributed by atoms with Crippen molar-refractivity contribution < 1.29 is 9.84 Å². The van der Waals surface area contributed by atoms with Crippen LogP contribution in [0.4, 0.5) is 0 Å². The number of rotatable bonds is 6. The van der Waals surface area contributed by atoms with Crippen molar-refractivity contribution in [3.05, 3.63) is 29.3 Å². The van der Waals surface area contributed by atoms with Gasteiger partial charge in [-0.2, -0.15) is 11.8 Å². The molecule has 0 spiro atoms. The molecule has 1 aromatic rings. The Kier molecular flexibility index (Phi) is 6.31. The van der Waals surface area contributed by atoms with Gasteiger partial charge in [0.1, 0.15) is 18.5 Å². The lowest BCUT2D eigenvalue weighted by atomic mass is 10.2. The van der Waals surface area contributed by atoms with Gasteiger partial charge in [0, 0.05) is 23.4 Å². The quantitative estimate of drug-likeness (QED) is 0.847. The Morgan fingerprint density at radius 2 is 2.42 bits per heavy atom. The lowest BCUT2D eigenvalue weighted by molar-refractivity contribution is 0.104. The van der Waals surface area contributed by atoms with Gasteiger partial charge in [0.25, 0.3) is 0 Å². The first-order valence-electron chi connectivity index (χ1n) is 6.61. The Balaban J connectivity index is 1.65. The summed E-state index contributed by atoms with van der Waals surface area (Å²) in [6, 6.07) is 7.75. The fraction of sp³-hybridized carbons (Fsp3) is 0.571. The molecule has 5 heteroatoms. The number of halogens is 1. The third-order valence-electron chi connectivity index (χ3n) is 3.04. The molecule has 1 aromatic carbocycles. The first kappa shape index (κ1) is 15.0. The molecule has 0 amide bonds. The molecule has 1 saturated heterocycles. The van der Waals surface area contributed by atoms with Crippen molar-refractivity contribution in [1.29, 1.82) is 0 Å². The van der Waals surface area contributed by atoms with E-state index < -0.39 is 6.10 Å². The van der Waals surface area contributed by atoms with Crippen LogP contribution >= 0.6 is 23.4 Å². The van der Waals surface area contributed by atoms with Gasteiger partial charge in [0.2, 0.25) is 0 Å². The molecule has 1 heterocycles. The van der Waals surface area contributed by atoms with E-state index in [0.29, 0.717) is 23.4 Å². The van der Waals surface area contributed by atoms with E-state index in [-0.39, 0.29) is 6.61 Å². The van der Waals surface area contributed by atoms with Gasteiger partial charge < -0.3 is 15.2 Å². The second-order valence-corrected chi connectivity index (χ2v) is 6.33. The molecule has 0 bridgehead atoms. The van der Waals surface area contributed by atoms with E-state index >= 15 is 0 Å². The third-order valence-corrected chi connectivity index (χ3v) is 4.49. The summed E-state index contributed by atoms with van der Waals surface area (Å²) in [5.41, 5.74) is 0. The highest BCUT2D eigenvalue weighted by Gasteiger charge is 2.14. The minimum absolute atomic E-state index is 0.285. The van der Waals surface area contributed by atoms with Crippen molar-refractivity contribution in [2.45, 2.75) is 25.0 Å². The van der Waals surface area contributed by atoms with Crippen LogP contribution in [0.15, 0.2) is 24.3 Å². The Hall–Kier alpha value is -0.420. The summed E-state index contributed by atoms with van der Waals surface area (Å²) in [7, 11) is 0. The summed E-state index contributed by atoms with van der Waals surface area (Å²) in [4.78, 5) is 0. The Morgan fingerprint density at radius 1 is 1.53 bits per heavy atom. The number of aliphatic hydroxyl groups excluding tert-OH is 1. The highest BCUT2D eigenvalue weighted by Crippen LogP contribution is 2.18. The average molecular weight is 302 g/mol. The number of hydrogen-bond donors (Lipinski definition) is 2. The van der Waals surface area contributed by atoms with Gasteiger partial charge in [-0.3, -0.25) is 0 Å². The molecule has 2 N–H and O–H groups in total. The number of thioether (sulfide) groups is 1. The molecule has 1 fully saturated rings. The van der Waals surface area contributed by atoms with Gasteiger partial charge in [0.15, 0.2) is 0 Å². The van der Waals surface area contributed by atoms with E-state index in [0.717, 1.165) is 5.75 Å². The maximum atomic E-state index is 9.88. The van der Waals surface area contributed by atoms with Crippen LogP contribution in [0.25, 0.3) is 0 Å². The molecular weight excluding hydrogens is 282 g/mol. The van der Waals surface area contributed by atoms with Gasteiger partial charge >= 0.3 is 0 Å². The summed E-state index contributed by atoms with van der Waals surface area (Å²) >= 11 is 7.84. The van der Waals surface area contributed by atoms with Crippen molar-refractivity contribution in [1.82, 2.24) is 5.32 Å². The van der Waals surface area contributed by atoms with E-state index in [4.69, 9.17) is 16.3 Å². The molecule has 2 unspecified atom stereocenters. The maximum Gasteiger partial charge on any atom is 0.120 e. The zero-order valence-electron chi connectivity index (χ0n) is 10.8. The average Bonchev–Trinajstić information content (AvgIpc) is 2.44. The van der Waals surface area contributed by atoms with E-state index in [9.17, 15) is 5.11 Å². The number of hydrogen-bond acceptors (Lipinski definition) is 4. The van der Waals surface area contributed by atoms with Crippen LogP contribution in [-0.4, -0.2) is 41.9 Å². The minimum atomic E-state index is -0.495. The number of aliphatic hydroxyl groups is 1. The zero-order chi connectivity index (χ0) is 13.5. The molecule has 1 aliphatic heterocycles. The van der Waals surface area contributed by atoms with Crippen LogP contribution < -0.4 is 10.1 Å². The summed E-state index contributed by atoms with van der Waals surface area (Å²) in [6.07, 6.45) is 1.97. The van der Waals surface area contributed by atoms with Crippen molar-refractivity contribution in [3.63, 3.8) is 0 Å². The molecule has 3 nitrogen and oxygen atoms in total. The van der Waals surface area contributed by atoms with E-state index in [1.165, 1.54) is 18.6 Å². The van der Waals surface area contributed by atoms with Crippen molar-refractivity contribution in [2.75, 3.05) is 24.7 Å². The van der Waals surface area contributed by atoms with Crippen LogP contribution in [0.2, 0.25) is 5.02 Å². The summed E-state index contributed by atoms with van der Waals surface area (Å²) < 4.78 is 5.51. The highest BCUT2D eigenvalue weighted by molar-refractivity contribution is 7.99. The van der Waals surface area contributed by atoms with Gasteiger partial charge in [-0.1, -0.05) is 17.7 Å². The molecule has 0 aliphatic carbocycles. The fourth-order valence-corrected chi connectivity index (χ4v) is 3.30. The Bertz CT molecular complexity index is 385. The lowest BCUT2D eigenvalue weighted by Crippen LogP contribution is -2.40. The first-order valence-corrected chi connectivity index (χ1v) is 8.15. The second kappa shape index (κ2) is 8.00. The van der Waals surface area contributed by atoms with E-state index in [2.05, 4.69) is 5.32 Å². The van der Waals surface area contributed by atoms with Crippen LogP contribution in [0.3, 0.4) is 0 Å². The van der Waals surface area contributed by atoms with Gasteiger partial charge in [-0.25, -0.2) is 0 Å². The molecule has 2 atom stereocenters. The highest BCUT2D eigenvalue weighted by atomic mass is 35.5. The van der Waals surface area contributed by atoms with Gasteiger partial charge in [-0.15, -0.1) is 0 Å². The standard InChI is InChI=1S/C14H20ClNO2S/c15-11-3-1-5-14(7-11)18-9-13(17)8-16-12-4-2-6-19-10-12/h1,3,5,7,12-13,16-17H,2,4,6,8-10H2. The van der Waals surface area contributed by atoms with Crippen molar-refractivity contribution >= 4 is 23.4 Å². The van der Waals surface area contributed by atoms with E-state index in [1.807, 2.05) is 23.9 Å². The number of benzene rings is 1. The molecule has 0 radical (unpaired) electrons. The monoisotopic (exact) mass is 301 g/mol. The maximum absolute atomic E-state index is 9.88. The molecule has 0 saturated carbocycles. The van der Waals surface area contributed by atoms with Gasteiger partial charge in [0.05, 0.1) is 0 Å². The lowest BCUT2D eigenvalue weighted by Gasteiger charge is -2.24. The molecular formula is C14H20ClNO2S. The largest absolute Gasteiger partial charge is 0.491 e. The topological polar surface area (TPSA) is 41.5 Å². The van der Waals surface area contributed by atoms with Crippen LogP contribution in [0, 0.1) is 0 Å². The number of ether oxygens (including phenoxy) is 1. The Morgan fingerprint density at radius 3 is 3.16 bits per heavy atom. The predicted octanol–water partition coefficient (Wildman–Crippen LogP) is 2.56. The third kappa shape index (κ3) is 5.61. The first-order chi connectivity index (χ1) is 9.24. The minimum Gasteiger partial charge on any atom is -0.491 e. The summed E-state index contributed by atoms with van der Waals surface area (Å²) in [5.74, 6) is 3.10. The second-order valence-electron chi connectivity index (χ2n) is 4.74. The molecule has 106 valence electrons. The summed E-state index contributed by atoms with van der Waals surface area (Å²) in [5, 5.41) is 13.9. The van der Waals surface area contributed by atoms with E-state index in [1.54, 1.807) is 12.1 Å². The molecule has 1 aliphatic rings. The normalized spacial score (nSPS) is 21.1. The van der Waals surface area contributed by atoms with Gasteiger partial charge in [-0.05, 0) is 36.8 Å². The molecule has 2 rings (SSSR count). The SMILES string of the molecule is OC(CNC1CCCSC1)COc1cccc(Cl)c1. The van der Waals surface area contributed by atoms with Crippen LogP contribution in [0.1, 0.15) is 12.8 Å². The predicted molar refractivity (Wildman–Crippen MR) is 81.3 cm³/mol. The van der Waals surface area contributed by atoms with Crippen molar-refractivity contribution in [3.8, 4) is 5.75 Å². The van der Waals surface area contributed by atoms with Crippen molar-refractivity contribution in [2.24, 2.45) is 0 Å². The van der Waals surface area contributed by atoms with Crippen LogP contribution in [-0.2, 0) is 0 Å². The molecule has 0 aromatic heterocycles. The summed E-state index contributed by atoms with van der Waals surface area (Å²) in [6.45, 7) is 0.860. The zero-order valence-corrected chi connectivity index (χ0v) is 12.4. The number of nitrogens with one attached hydrogen (secondary N) is 1. The Labute approximate surface area is 123 Å². The fourth-order valence-electron chi connectivity index (χ4n) is 2.01. The molecule has 19 heavy (non-hydrogen) atoms. The smallest absolute Gasteiger partial charge is 0.120 e. The van der Waals surface area contributed by atoms with Crippen LogP contribution in [0.5, 0.6) is 5.75 Å².